The van der Waals surface area contributed by atoms with E-state index in [1.165, 1.54) is 6.42 Å². The highest BCUT2D eigenvalue weighted by Gasteiger charge is 2.48. The molecule has 1 heterocycles. The molecular weight excluding hydrogens is 260 g/mol. The summed E-state index contributed by atoms with van der Waals surface area (Å²) in [4.78, 5) is 7.71. The van der Waals surface area contributed by atoms with Gasteiger partial charge in [-0.3, -0.25) is 0 Å². The Morgan fingerprint density at radius 2 is 2.14 bits per heavy atom. The standard InChI is InChI=1S/C10H13BrN2S/c1-5-7(11)9(14)13-8(12-5)6-4-10(6,2)3/h6H,4H2,1-3H3,(H,12,13,14). The molecule has 1 aromatic heterocycles. The van der Waals surface area contributed by atoms with E-state index in [4.69, 9.17) is 12.2 Å². The lowest BCUT2D eigenvalue weighted by molar-refractivity contribution is 0.606. The van der Waals surface area contributed by atoms with E-state index in [1.807, 2.05) is 6.92 Å². The number of H-pyrrole nitrogens is 1. The molecule has 4 heteroatoms. The van der Waals surface area contributed by atoms with Crippen LogP contribution in [-0.2, 0) is 0 Å². The number of aryl methyl sites for hydroxylation is 1. The first-order valence-corrected chi connectivity index (χ1v) is 5.88. The zero-order valence-electron chi connectivity index (χ0n) is 8.52. The number of nitrogens with zero attached hydrogens (tertiary/aromatic N) is 1. The molecule has 0 aromatic carbocycles. The first-order valence-electron chi connectivity index (χ1n) is 4.68. The van der Waals surface area contributed by atoms with Gasteiger partial charge in [0.2, 0.25) is 0 Å². The Morgan fingerprint density at radius 1 is 1.57 bits per heavy atom. The molecule has 1 fully saturated rings. The highest BCUT2D eigenvalue weighted by Crippen LogP contribution is 2.57. The lowest BCUT2D eigenvalue weighted by atomic mass is 10.1. The molecule has 14 heavy (non-hydrogen) atoms. The third kappa shape index (κ3) is 1.65. The molecule has 0 aliphatic heterocycles. The monoisotopic (exact) mass is 272 g/mol. The summed E-state index contributed by atoms with van der Waals surface area (Å²) >= 11 is 8.59. The van der Waals surface area contributed by atoms with E-state index in [0.29, 0.717) is 16.0 Å². The van der Waals surface area contributed by atoms with Crippen molar-refractivity contribution in [1.82, 2.24) is 9.97 Å². The van der Waals surface area contributed by atoms with E-state index in [-0.39, 0.29) is 0 Å². The molecule has 1 aromatic rings. The Bertz CT molecular complexity index is 436. The first-order chi connectivity index (χ1) is 6.42. The van der Waals surface area contributed by atoms with Crippen LogP contribution in [-0.4, -0.2) is 9.97 Å². The van der Waals surface area contributed by atoms with Gasteiger partial charge in [-0.2, -0.15) is 0 Å². The third-order valence-corrected chi connectivity index (χ3v) is 4.43. The second-order valence-corrected chi connectivity index (χ2v) is 5.79. The molecule has 76 valence electrons. The maximum Gasteiger partial charge on any atom is 0.144 e. The Balaban J connectivity index is 2.43. The minimum atomic E-state index is 0.394. The van der Waals surface area contributed by atoms with Crippen LogP contribution in [0.5, 0.6) is 0 Å². The summed E-state index contributed by atoms with van der Waals surface area (Å²) < 4.78 is 1.58. The van der Waals surface area contributed by atoms with E-state index in [9.17, 15) is 0 Å². The summed E-state index contributed by atoms with van der Waals surface area (Å²) in [6.45, 7) is 6.53. The lowest BCUT2D eigenvalue weighted by Crippen LogP contribution is -2.00. The SMILES string of the molecule is Cc1[nH]c(C2CC2(C)C)nc(=S)c1Br. The van der Waals surface area contributed by atoms with E-state index >= 15 is 0 Å². The van der Waals surface area contributed by atoms with Crippen molar-refractivity contribution in [2.75, 3.05) is 0 Å². The summed E-state index contributed by atoms with van der Waals surface area (Å²) in [5.74, 6) is 1.59. The summed E-state index contributed by atoms with van der Waals surface area (Å²) in [5, 5.41) is 0. The fraction of sp³-hybridized carbons (Fsp3) is 0.600. The number of halogens is 1. The lowest BCUT2D eigenvalue weighted by Gasteiger charge is -2.06. The second-order valence-electron chi connectivity index (χ2n) is 4.61. The minimum Gasteiger partial charge on any atom is -0.346 e. The van der Waals surface area contributed by atoms with Crippen LogP contribution >= 0.6 is 28.1 Å². The number of aromatic nitrogens is 2. The predicted octanol–water partition coefficient (Wildman–Crippen LogP) is 3.72. The summed E-state index contributed by atoms with van der Waals surface area (Å²) in [6.07, 6.45) is 1.20. The number of rotatable bonds is 1. The molecule has 1 saturated carbocycles. The van der Waals surface area contributed by atoms with Gasteiger partial charge in [0.1, 0.15) is 10.5 Å². The van der Waals surface area contributed by atoms with Crippen LogP contribution in [0.4, 0.5) is 0 Å². The van der Waals surface area contributed by atoms with Gasteiger partial charge in [-0.05, 0) is 34.7 Å². The van der Waals surface area contributed by atoms with Gasteiger partial charge < -0.3 is 4.98 Å². The maximum atomic E-state index is 5.17. The van der Waals surface area contributed by atoms with Crippen molar-refractivity contribution >= 4 is 28.1 Å². The predicted molar refractivity (Wildman–Crippen MR) is 63.0 cm³/mol. The smallest absolute Gasteiger partial charge is 0.144 e. The second kappa shape index (κ2) is 3.14. The van der Waals surface area contributed by atoms with Crippen LogP contribution in [0.15, 0.2) is 4.47 Å². The quantitative estimate of drug-likeness (QED) is 0.790. The van der Waals surface area contributed by atoms with Crippen LogP contribution in [0.1, 0.15) is 37.7 Å². The molecular formula is C10H13BrN2S. The van der Waals surface area contributed by atoms with Gasteiger partial charge >= 0.3 is 0 Å². The topological polar surface area (TPSA) is 28.7 Å². The Hall–Kier alpha value is -0.220. The van der Waals surface area contributed by atoms with Crippen molar-refractivity contribution in [1.29, 1.82) is 0 Å². The van der Waals surface area contributed by atoms with Crippen LogP contribution in [0.25, 0.3) is 0 Å². The van der Waals surface area contributed by atoms with Gasteiger partial charge in [-0.15, -0.1) is 0 Å². The average Bonchev–Trinajstić information content (AvgIpc) is 2.70. The zero-order chi connectivity index (χ0) is 10.5. The molecule has 0 saturated heterocycles. The van der Waals surface area contributed by atoms with Gasteiger partial charge in [0, 0.05) is 11.6 Å². The molecule has 2 rings (SSSR count). The number of nitrogens with one attached hydrogen (secondary N) is 1. The molecule has 0 spiro atoms. The molecule has 1 aliphatic carbocycles. The van der Waals surface area contributed by atoms with Crippen molar-refractivity contribution in [3.63, 3.8) is 0 Å². The van der Waals surface area contributed by atoms with Gasteiger partial charge in [-0.1, -0.05) is 26.1 Å². The fourth-order valence-electron chi connectivity index (χ4n) is 1.69. The van der Waals surface area contributed by atoms with Crippen molar-refractivity contribution in [2.45, 2.75) is 33.1 Å². The number of hydrogen-bond acceptors (Lipinski definition) is 2. The Morgan fingerprint density at radius 3 is 2.57 bits per heavy atom. The van der Waals surface area contributed by atoms with Crippen molar-refractivity contribution in [2.24, 2.45) is 5.41 Å². The van der Waals surface area contributed by atoms with E-state index in [2.05, 4.69) is 39.7 Å². The van der Waals surface area contributed by atoms with E-state index in [0.717, 1.165) is 16.0 Å². The highest BCUT2D eigenvalue weighted by atomic mass is 79.9. The highest BCUT2D eigenvalue weighted by molar-refractivity contribution is 9.10. The van der Waals surface area contributed by atoms with Crippen molar-refractivity contribution in [3.8, 4) is 0 Å². The van der Waals surface area contributed by atoms with Crippen molar-refractivity contribution < 1.29 is 0 Å². The summed E-state index contributed by atoms with van der Waals surface area (Å²) in [5.41, 5.74) is 1.47. The molecule has 0 bridgehead atoms. The fourth-order valence-corrected chi connectivity index (χ4v) is 2.13. The van der Waals surface area contributed by atoms with Crippen molar-refractivity contribution in [3.05, 3.63) is 20.6 Å². The normalized spacial score (nSPS) is 23.6. The Kier molecular flexibility index (Phi) is 2.31. The summed E-state index contributed by atoms with van der Waals surface area (Å²) in [7, 11) is 0. The van der Waals surface area contributed by atoms with E-state index < -0.39 is 0 Å². The zero-order valence-corrected chi connectivity index (χ0v) is 10.9. The largest absolute Gasteiger partial charge is 0.346 e. The van der Waals surface area contributed by atoms with Gasteiger partial charge in [0.15, 0.2) is 0 Å². The van der Waals surface area contributed by atoms with Crippen LogP contribution in [0.2, 0.25) is 0 Å². The van der Waals surface area contributed by atoms with Gasteiger partial charge in [0.05, 0.1) is 4.47 Å². The summed E-state index contributed by atoms with van der Waals surface area (Å²) in [6, 6.07) is 0. The number of hydrogen-bond donors (Lipinski definition) is 1. The molecule has 2 nitrogen and oxygen atoms in total. The Labute approximate surface area is 97.3 Å². The van der Waals surface area contributed by atoms with Gasteiger partial charge in [0.25, 0.3) is 0 Å². The van der Waals surface area contributed by atoms with Crippen LogP contribution in [0, 0.1) is 17.0 Å². The minimum absolute atomic E-state index is 0.394. The molecule has 0 amide bonds. The molecule has 1 atom stereocenters. The van der Waals surface area contributed by atoms with Gasteiger partial charge in [-0.25, -0.2) is 4.98 Å². The molecule has 1 unspecified atom stereocenters. The molecule has 1 aliphatic rings. The molecule has 0 radical (unpaired) electrons. The maximum absolute atomic E-state index is 5.17. The van der Waals surface area contributed by atoms with Crippen LogP contribution in [0.3, 0.4) is 0 Å². The average molecular weight is 273 g/mol. The first kappa shape index (κ1) is 10.3. The third-order valence-electron chi connectivity index (χ3n) is 2.90. The molecule has 1 N–H and O–H groups in total. The van der Waals surface area contributed by atoms with E-state index in [1.54, 1.807) is 0 Å². The number of aromatic amines is 1. The van der Waals surface area contributed by atoms with Crippen LogP contribution < -0.4 is 0 Å².